The predicted molar refractivity (Wildman–Crippen MR) is 138 cm³/mol. The van der Waals surface area contributed by atoms with E-state index >= 15 is 0 Å². The van der Waals surface area contributed by atoms with Crippen LogP contribution in [0.2, 0.25) is 0 Å². The van der Waals surface area contributed by atoms with Crippen molar-refractivity contribution >= 4 is 0 Å². The smallest absolute Gasteiger partial charge is 0.0648 e. The number of ether oxygens (including phenoxy) is 2. The Morgan fingerprint density at radius 1 is 0.625 bits per heavy atom. The van der Waals surface area contributed by atoms with Crippen molar-refractivity contribution in [3.8, 4) is 0 Å². The molecular formula is C28H52N2O2. The van der Waals surface area contributed by atoms with Gasteiger partial charge in [0.2, 0.25) is 0 Å². The van der Waals surface area contributed by atoms with Gasteiger partial charge in [-0.15, -0.1) is 0 Å². The summed E-state index contributed by atoms with van der Waals surface area (Å²) in [5.74, 6) is 0. The second kappa shape index (κ2) is 12.5. The average Bonchev–Trinajstić information content (AvgIpc) is 2.67. The fourth-order valence-electron chi connectivity index (χ4n) is 4.33. The molecule has 0 amide bonds. The number of nitrogens with zero attached hydrogens (tertiary/aromatic N) is 2. The minimum absolute atomic E-state index is 0.0480. The van der Waals surface area contributed by atoms with Crippen molar-refractivity contribution in [3.05, 3.63) is 35.4 Å². The zero-order valence-corrected chi connectivity index (χ0v) is 23.2. The van der Waals surface area contributed by atoms with Crippen LogP contribution < -0.4 is 0 Å². The maximum Gasteiger partial charge on any atom is 0.0648 e. The first-order chi connectivity index (χ1) is 14.7. The molecule has 0 radical (unpaired) electrons. The molecule has 0 N–H and O–H groups in total. The van der Waals surface area contributed by atoms with Crippen LogP contribution in [0.1, 0.15) is 94.2 Å². The molecular weight excluding hydrogens is 396 g/mol. The molecule has 0 aliphatic carbocycles. The average molecular weight is 449 g/mol. The van der Waals surface area contributed by atoms with E-state index in [0.29, 0.717) is 12.1 Å². The second-order valence-electron chi connectivity index (χ2n) is 11.6. The van der Waals surface area contributed by atoms with Gasteiger partial charge in [0.15, 0.2) is 0 Å². The van der Waals surface area contributed by atoms with E-state index in [-0.39, 0.29) is 23.3 Å². The van der Waals surface area contributed by atoms with Gasteiger partial charge in [0.05, 0.1) is 25.4 Å². The van der Waals surface area contributed by atoms with Crippen LogP contribution in [0.4, 0.5) is 0 Å². The summed E-state index contributed by atoms with van der Waals surface area (Å²) in [4.78, 5) is 5.14. The third-order valence-corrected chi connectivity index (χ3v) is 6.14. The van der Waals surface area contributed by atoms with Crippen molar-refractivity contribution in [1.29, 1.82) is 0 Å². The molecule has 4 heteroatoms. The first-order valence-electron chi connectivity index (χ1n) is 12.5. The molecule has 0 bridgehead atoms. The molecule has 186 valence electrons. The van der Waals surface area contributed by atoms with Gasteiger partial charge >= 0.3 is 0 Å². The van der Waals surface area contributed by atoms with Crippen molar-refractivity contribution < 1.29 is 9.47 Å². The summed E-state index contributed by atoms with van der Waals surface area (Å²) in [5.41, 5.74) is 2.69. The fourth-order valence-corrected chi connectivity index (χ4v) is 4.33. The monoisotopic (exact) mass is 448 g/mol. The molecule has 1 aromatic carbocycles. The van der Waals surface area contributed by atoms with Crippen LogP contribution in [0.15, 0.2) is 24.3 Å². The maximum atomic E-state index is 6.03. The van der Waals surface area contributed by atoms with Crippen LogP contribution >= 0.6 is 0 Å². The number of rotatable bonds is 14. The van der Waals surface area contributed by atoms with E-state index in [0.717, 1.165) is 26.3 Å². The van der Waals surface area contributed by atoms with E-state index in [9.17, 15) is 0 Å². The van der Waals surface area contributed by atoms with Gasteiger partial charge in [0.25, 0.3) is 0 Å². The van der Waals surface area contributed by atoms with Crippen LogP contribution in [0, 0.1) is 0 Å². The molecule has 0 atom stereocenters. The van der Waals surface area contributed by atoms with Crippen LogP contribution in [0.3, 0.4) is 0 Å². The lowest BCUT2D eigenvalue weighted by Crippen LogP contribution is -2.52. The summed E-state index contributed by atoms with van der Waals surface area (Å²) in [6.45, 7) is 30.0. The van der Waals surface area contributed by atoms with E-state index in [4.69, 9.17) is 9.47 Å². The molecule has 0 heterocycles. The normalized spacial score (nSPS) is 13.6. The molecule has 0 aliphatic heterocycles. The Hall–Kier alpha value is -0.940. The number of hydrogen-bond acceptors (Lipinski definition) is 4. The molecule has 1 aromatic rings. The molecule has 0 aromatic heterocycles. The fraction of sp³-hybridized carbons (Fsp3) is 0.786. The minimum atomic E-state index is -0.0480. The predicted octanol–water partition coefficient (Wildman–Crippen LogP) is 6.51. The van der Waals surface area contributed by atoms with E-state index < -0.39 is 0 Å². The topological polar surface area (TPSA) is 24.9 Å². The van der Waals surface area contributed by atoms with Gasteiger partial charge in [0.1, 0.15) is 0 Å². The third kappa shape index (κ3) is 9.13. The molecule has 4 nitrogen and oxygen atoms in total. The van der Waals surface area contributed by atoms with Gasteiger partial charge in [-0.3, -0.25) is 9.80 Å². The highest BCUT2D eigenvalue weighted by Crippen LogP contribution is 2.27. The molecule has 32 heavy (non-hydrogen) atoms. The Morgan fingerprint density at radius 3 is 1.19 bits per heavy atom. The zero-order valence-electron chi connectivity index (χ0n) is 23.2. The Kier molecular flexibility index (Phi) is 11.4. The molecule has 0 saturated heterocycles. The maximum absolute atomic E-state index is 6.03. The lowest BCUT2D eigenvalue weighted by Gasteiger charge is -2.43. The molecule has 1 rings (SSSR count). The number of benzene rings is 1. The summed E-state index contributed by atoms with van der Waals surface area (Å²) in [7, 11) is 0. The van der Waals surface area contributed by atoms with Crippen LogP contribution in [-0.4, -0.2) is 58.4 Å². The summed E-state index contributed by atoms with van der Waals surface area (Å²) >= 11 is 0. The number of hydrogen-bond donors (Lipinski definition) is 0. The minimum Gasteiger partial charge on any atom is -0.377 e. The van der Waals surface area contributed by atoms with E-state index in [2.05, 4.69) is 117 Å². The summed E-state index contributed by atoms with van der Waals surface area (Å²) in [6.07, 6.45) is 0.482. The Balaban J connectivity index is 3.16. The van der Waals surface area contributed by atoms with E-state index in [1.165, 1.54) is 11.1 Å². The van der Waals surface area contributed by atoms with Gasteiger partial charge in [-0.1, -0.05) is 24.3 Å². The van der Waals surface area contributed by atoms with Gasteiger partial charge < -0.3 is 9.47 Å². The summed E-state index contributed by atoms with van der Waals surface area (Å²) in [5, 5.41) is 0. The molecule has 0 unspecified atom stereocenters. The largest absolute Gasteiger partial charge is 0.377 e. The van der Waals surface area contributed by atoms with Crippen molar-refractivity contribution in [2.45, 2.75) is 132 Å². The first-order valence-corrected chi connectivity index (χ1v) is 12.5. The Labute approximate surface area is 199 Å². The van der Waals surface area contributed by atoms with E-state index in [1.54, 1.807) is 0 Å². The van der Waals surface area contributed by atoms with Crippen molar-refractivity contribution in [2.75, 3.05) is 13.2 Å². The first kappa shape index (κ1) is 29.1. The van der Waals surface area contributed by atoms with Gasteiger partial charge in [-0.2, -0.15) is 0 Å². The zero-order chi connectivity index (χ0) is 24.7. The van der Waals surface area contributed by atoms with Crippen molar-refractivity contribution in [1.82, 2.24) is 9.80 Å². The van der Waals surface area contributed by atoms with Crippen LogP contribution in [0.5, 0.6) is 0 Å². The van der Waals surface area contributed by atoms with E-state index in [1.807, 2.05) is 0 Å². The standard InChI is InChI=1S/C28H52N2O2/c1-21(2)29(27(9,10)19-31-23(5)6)17-25-15-13-14-16-26(25)18-30(22(3)4)28(11,12)20-32-24(7)8/h13-16,21-24H,17-20H2,1-12H3. The van der Waals surface area contributed by atoms with Gasteiger partial charge in [0, 0.05) is 36.3 Å². The molecule has 0 aliphatic rings. The quantitative estimate of drug-likeness (QED) is 0.324. The Morgan fingerprint density at radius 2 is 0.938 bits per heavy atom. The SMILES string of the molecule is CC(C)OCC(C)(C)N(Cc1ccccc1CN(C(C)C)C(C)(C)COC(C)C)C(C)C. The molecule has 0 spiro atoms. The van der Waals surface area contributed by atoms with Gasteiger partial charge in [-0.05, 0) is 94.2 Å². The van der Waals surface area contributed by atoms with Crippen LogP contribution in [0.25, 0.3) is 0 Å². The van der Waals surface area contributed by atoms with Crippen molar-refractivity contribution in [3.63, 3.8) is 0 Å². The van der Waals surface area contributed by atoms with Crippen LogP contribution in [-0.2, 0) is 22.6 Å². The van der Waals surface area contributed by atoms with Crippen molar-refractivity contribution in [2.24, 2.45) is 0 Å². The highest BCUT2D eigenvalue weighted by atomic mass is 16.5. The highest BCUT2D eigenvalue weighted by Gasteiger charge is 2.32. The lowest BCUT2D eigenvalue weighted by molar-refractivity contribution is -0.0335. The summed E-state index contributed by atoms with van der Waals surface area (Å²) < 4.78 is 12.1. The second-order valence-corrected chi connectivity index (χ2v) is 11.6. The highest BCUT2D eigenvalue weighted by molar-refractivity contribution is 5.28. The third-order valence-electron chi connectivity index (χ3n) is 6.14. The van der Waals surface area contributed by atoms with Gasteiger partial charge in [-0.25, -0.2) is 0 Å². The Bertz CT molecular complexity index is 608. The molecule has 0 fully saturated rings. The molecule has 0 saturated carbocycles. The lowest BCUT2D eigenvalue weighted by atomic mass is 9.96. The summed E-state index contributed by atoms with van der Waals surface area (Å²) in [6, 6.07) is 9.76.